The standard InChI is InChI=1S/C27H18Cl2N2OS/c28-18-11-13-20(22(29)15-18)25-21-12-10-17-8-4-5-9-19(17)24(21)30-27-31(25)26(32)23(33-27)14-16-6-2-1-3-7-16/h1-9,11,13-15,25H,10,12H2. The van der Waals surface area contributed by atoms with Gasteiger partial charge in [-0.3, -0.25) is 9.36 Å². The Morgan fingerprint density at radius 2 is 1.76 bits per heavy atom. The maximum Gasteiger partial charge on any atom is 0.271 e. The fourth-order valence-corrected chi connectivity index (χ4v) is 6.24. The number of aryl methyl sites for hydroxylation is 1. The fraction of sp³-hybridized carbons (Fsp3) is 0.111. The number of thiazole rings is 1. The third-order valence-corrected chi connectivity index (χ3v) is 7.77. The quantitative estimate of drug-likeness (QED) is 0.360. The van der Waals surface area contributed by atoms with E-state index in [0.717, 1.165) is 40.8 Å². The highest BCUT2D eigenvalue weighted by molar-refractivity contribution is 7.07. The van der Waals surface area contributed by atoms with Crippen LogP contribution >= 0.6 is 34.5 Å². The number of hydrogen-bond acceptors (Lipinski definition) is 3. The van der Waals surface area contributed by atoms with Crippen molar-refractivity contribution in [1.29, 1.82) is 0 Å². The SMILES string of the molecule is O=c1c(=Cc2ccccc2)sc2n1C(c1ccc(Cl)cc1Cl)C1=C(N=2)c2ccccc2CC1. The van der Waals surface area contributed by atoms with E-state index in [0.29, 0.717) is 19.4 Å². The lowest BCUT2D eigenvalue weighted by molar-refractivity contribution is 0.585. The first kappa shape index (κ1) is 20.7. The predicted octanol–water partition coefficient (Wildman–Crippen LogP) is 5.63. The van der Waals surface area contributed by atoms with Crippen molar-refractivity contribution in [3.8, 4) is 0 Å². The molecule has 0 amide bonds. The Kier molecular flexibility index (Phi) is 5.10. The first-order chi connectivity index (χ1) is 16.1. The molecule has 0 bridgehead atoms. The molecule has 3 nitrogen and oxygen atoms in total. The van der Waals surface area contributed by atoms with Crippen LogP contribution in [0.5, 0.6) is 0 Å². The second kappa shape index (κ2) is 8.14. The van der Waals surface area contributed by atoms with Crippen LogP contribution in [0.15, 0.2) is 88.2 Å². The minimum atomic E-state index is -0.313. The number of aromatic nitrogens is 1. The zero-order chi connectivity index (χ0) is 22.5. The van der Waals surface area contributed by atoms with Gasteiger partial charge in [0.15, 0.2) is 4.80 Å². The second-order valence-electron chi connectivity index (χ2n) is 8.19. The maximum absolute atomic E-state index is 13.7. The van der Waals surface area contributed by atoms with Gasteiger partial charge in [-0.25, -0.2) is 4.99 Å². The Labute approximate surface area is 204 Å². The highest BCUT2D eigenvalue weighted by atomic mass is 35.5. The molecule has 6 heteroatoms. The zero-order valence-electron chi connectivity index (χ0n) is 17.5. The smallest absolute Gasteiger partial charge is 0.271 e. The summed E-state index contributed by atoms with van der Waals surface area (Å²) in [6.45, 7) is 0. The van der Waals surface area contributed by atoms with E-state index in [4.69, 9.17) is 28.2 Å². The molecule has 0 saturated heterocycles. The maximum atomic E-state index is 13.7. The summed E-state index contributed by atoms with van der Waals surface area (Å²) in [6, 6.07) is 23.5. The third kappa shape index (κ3) is 3.50. The Morgan fingerprint density at radius 1 is 0.970 bits per heavy atom. The first-order valence-electron chi connectivity index (χ1n) is 10.7. The van der Waals surface area contributed by atoms with E-state index in [2.05, 4.69) is 18.2 Å². The van der Waals surface area contributed by atoms with E-state index >= 15 is 0 Å². The first-order valence-corrected chi connectivity index (χ1v) is 12.3. The van der Waals surface area contributed by atoms with Gasteiger partial charge in [0.1, 0.15) is 0 Å². The molecule has 1 aliphatic heterocycles. The third-order valence-electron chi connectivity index (χ3n) is 6.23. The average Bonchev–Trinajstić information content (AvgIpc) is 3.13. The summed E-state index contributed by atoms with van der Waals surface area (Å²) in [7, 11) is 0. The van der Waals surface area contributed by atoms with Crippen molar-refractivity contribution < 1.29 is 0 Å². The Balaban J connectivity index is 1.66. The minimum Gasteiger partial charge on any atom is -0.272 e. The molecule has 6 rings (SSSR count). The van der Waals surface area contributed by atoms with Crippen molar-refractivity contribution in [1.82, 2.24) is 4.57 Å². The zero-order valence-corrected chi connectivity index (χ0v) is 19.8. The molecule has 1 aromatic heterocycles. The number of benzene rings is 3. The average molecular weight is 489 g/mol. The molecule has 1 unspecified atom stereocenters. The van der Waals surface area contributed by atoms with E-state index in [-0.39, 0.29) is 11.6 Å². The van der Waals surface area contributed by atoms with Crippen LogP contribution in [-0.4, -0.2) is 4.57 Å². The van der Waals surface area contributed by atoms with Crippen LogP contribution < -0.4 is 14.9 Å². The summed E-state index contributed by atoms with van der Waals surface area (Å²) >= 11 is 14.3. The highest BCUT2D eigenvalue weighted by Crippen LogP contribution is 2.43. The van der Waals surface area contributed by atoms with Crippen LogP contribution in [-0.2, 0) is 6.42 Å². The molecule has 0 N–H and O–H groups in total. The van der Waals surface area contributed by atoms with Gasteiger partial charge in [0.2, 0.25) is 0 Å². The van der Waals surface area contributed by atoms with E-state index in [9.17, 15) is 4.79 Å². The Hall–Kier alpha value is -2.92. The van der Waals surface area contributed by atoms with Crippen LogP contribution in [0, 0.1) is 0 Å². The molecule has 2 aliphatic rings. The van der Waals surface area contributed by atoms with E-state index < -0.39 is 0 Å². The van der Waals surface area contributed by atoms with Gasteiger partial charge in [0, 0.05) is 15.6 Å². The lowest BCUT2D eigenvalue weighted by atomic mass is 9.83. The van der Waals surface area contributed by atoms with E-state index in [1.807, 2.05) is 54.6 Å². The van der Waals surface area contributed by atoms with Crippen molar-refractivity contribution in [2.75, 3.05) is 0 Å². The van der Waals surface area contributed by atoms with Crippen LogP contribution in [0.2, 0.25) is 10.0 Å². The van der Waals surface area contributed by atoms with Crippen molar-refractivity contribution in [2.24, 2.45) is 4.99 Å². The summed E-state index contributed by atoms with van der Waals surface area (Å²) in [5, 5.41) is 1.13. The molecule has 0 spiro atoms. The summed E-state index contributed by atoms with van der Waals surface area (Å²) in [4.78, 5) is 19.4. The van der Waals surface area contributed by atoms with Gasteiger partial charge in [-0.1, -0.05) is 95.2 Å². The molecule has 2 heterocycles. The Morgan fingerprint density at radius 3 is 2.58 bits per heavy atom. The minimum absolute atomic E-state index is 0.0518. The van der Waals surface area contributed by atoms with Crippen LogP contribution in [0.3, 0.4) is 0 Å². The molecule has 1 aliphatic carbocycles. The predicted molar refractivity (Wildman–Crippen MR) is 136 cm³/mol. The molecule has 1 atom stereocenters. The number of rotatable bonds is 2. The Bertz CT molecular complexity index is 1620. The van der Waals surface area contributed by atoms with Crippen molar-refractivity contribution in [3.63, 3.8) is 0 Å². The summed E-state index contributed by atoms with van der Waals surface area (Å²) in [5.74, 6) is 0. The van der Waals surface area contributed by atoms with Crippen molar-refractivity contribution in [2.45, 2.75) is 18.9 Å². The number of fused-ring (bicyclic) bond motifs is 3. The van der Waals surface area contributed by atoms with E-state index in [1.165, 1.54) is 16.9 Å². The van der Waals surface area contributed by atoms with Gasteiger partial charge < -0.3 is 0 Å². The van der Waals surface area contributed by atoms with Crippen LogP contribution in [0.1, 0.15) is 34.7 Å². The largest absolute Gasteiger partial charge is 0.272 e. The van der Waals surface area contributed by atoms with Gasteiger partial charge in [0.05, 0.1) is 16.3 Å². The lowest BCUT2D eigenvalue weighted by Gasteiger charge is -2.31. The molecular weight excluding hydrogens is 471 g/mol. The van der Waals surface area contributed by atoms with Crippen LogP contribution in [0.4, 0.5) is 0 Å². The van der Waals surface area contributed by atoms with Gasteiger partial charge in [-0.2, -0.15) is 0 Å². The molecule has 0 radical (unpaired) electrons. The number of hydrogen-bond donors (Lipinski definition) is 0. The topological polar surface area (TPSA) is 34.4 Å². The molecular formula is C27H18Cl2N2OS. The molecule has 0 saturated carbocycles. The van der Waals surface area contributed by atoms with Gasteiger partial charge in [-0.05, 0) is 53.3 Å². The molecule has 3 aromatic carbocycles. The normalized spacial score (nSPS) is 17.3. The summed E-state index contributed by atoms with van der Waals surface area (Å²) in [6.07, 6.45) is 3.66. The lowest BCUT2D eigenvalue weighted by Crippen LogP contribution is -2.38. The number of halogens is 2. The van der Waals surface area contributed by atoms with E-state index in [1.54, 1.807) is 10.6 Å². The van der Waals surface area contributed by atoms with Crippen LogP contribution in [0.25, 0.3) is 11.8 Å². The van der Waals surface area contributed by atoms with Crippen molar-refractivity contribution in [3.05, 3.63) is 130 Å². The summed E-state index contributed by atoms with van der Waals surface area (Å²) < 4.78 is 2.46. The molecule has 162 valence electrons. The number of nitrogens with zero attached hydrogens (tertiary/aromatic N) is 2. The monoisotopic (exact) mass is 488 g/mol. The fourth-order valence-electron chi connectivity index (χ4n) is 4.72. The van der Waals surface area contributed by atoms with Gasteiger partial charge in [-0.15, -0.1) is 0 Å². The summed E-state index contributed by atoms with van der Waals surface area (Å²) in [5.41, 5.74) is 6.30. The molecule has 33 heavy (non-hydrogen) atoms. The van der Waals surface area contributed by atoms with Gasteiger partial charge in [0.25, 0.3) is 5.56 Å². The van der Waals surface area contributed by atoms with Crippen molar-refractivity contribution >= 4 is 46.3 Å². The second-order valence-corrected chi connectivity index (χ2v) is 10.0. The number of allylic oxidation sites excluding steroid dienone is 1. The molecule has 0 fully saturated rings. The highest BCUT2D eigenvalue weighted by Gasteiger charge is 2.33. The van der Waals surface area contributed by atoms with Gasteiger partial charge >= 0.3 is 0 Å². The molecule has 4 aromatic rings.